The molecule has 2 atom stereocenters. The topological polar surface area (TPSA) is 75.6 Å². The highest BCUT2D eigenvalue weighted by Crippen LogP contribution is 2.58. The minimum atomic E-state index is -1.03. The molecule has 0 bridgehead atoms. The number of hydrogen-bond donors (Lipinski definition) is 2. The second-order valence-corrected chi connectivity index (χ2v) is 10.2. The van der Waals surface area contributed by atoms with Crippen LogP contribution in [0.25, 0.3) is 0 Å². The van der Waals surface area contributed by atoms with E-state index in [0.717, 1.165) is 49.7 Å². The molecule has 0 saturated heterocycles. The first-order valence-electron chi connectivity index (χ1n) is 11.6. The number of hydrogen-bond acceptors (Lipinski definition) is 3. The Hall–Kier alpha value is -2.24. The molecule has 5 nitrogen and oxygen atoms in total. The minimum absolute atomic E-state index is 0.310. The number of ether oxygens (including phenoxy) is 1. The second-order valence-electron chi connectivity index (χ2n) is 9.28. The van der Waals surface area contributed by atoms with Gasteiger partial charge in [0.2, 0.25) is 0 Å². The maximum Gasteiger partial charge on any atom is 0.408 e. The monoisotopic (exact) mass is 489 g/mol. The van der Waals surface area contributed by atoms with Crippen LogP contribution in [-0.2, 0) is 14.9 Å². The fourth-order valence-electron chi connectivity index (χ4n) is 5.07. The van der Waals surface area contributed by atoms with Gasteiger partial charge in [-0.25, -0.2) is 9.59 Å². The Kier molecular flexibility index (Phi) is 7.50. The molecule has 2 aliphatic carbocycles. The Morgan fingerprint density at radius 3 is 2.30 bits per heavy atom. The third-order valence-electron chi connectivity index (χ3n) is 6.95. The normalized spacial score (nSPS) is 19.3. The Labute approximate surface area is 204 Å². The fourth-order valence-corrected chi connectivity index (χ4v) is 5.45. The highest BCUT2D eigenvalue weighted by Gasteiger charge is 2.53. The van der Waals surface area contributed by atoms with Crippen LogP contribution in [0.3, 0.4) is 0 Å². The molecular weight excluding hydrogens is 461 g/mol. The largest absolute Gasteiger partial charge is 0.480 e. The van der Waals surface area contributed by atoms with Crippen LogP contribution >= 0.6 is 23.2 Å². The molecule has 2 saturated carbocycles. The minimum Gasteiger partial charge on any atom is -0.480 e. The van der Waals surface area contributed by atoms with Gasteiger partial charge in [-0.15, -0.1) is 0 Å². The second kappa shape index (κ2) is 10.4. The summed E-state index contributed by atoms with van der Waals surface area (Å²) in [7, 11) is 0. The van der Waals surface area contributed by atoms with Crippen LogP contribution in [0.5, 0.6) is 0 Å². The van der Waals surface area contributed by atoms with E-state index in [1.54, 1.807) is 12.1 Å². The van der Waals surface area contributed by atoms with Gasteiger partial charge in [-0.2, -0.15) is 0 Å². The number of benzene rings is 2. The van der Waals surface area contributed by atoms with Gasteiger partial charge in [0.05, 0.1) is 0 Å². The van der Waals surface area contributed by atoms with E-state index in [2.05, 4.69) is 5.32 Å². The van der Waals surface area contributed by atoms with Crippen molar-refractivity contribution in [3.05, 3.63) is 69.7 Å². The number of carbonyl (C=O) groups is 2. The SMILES string of the molecule is O=C(N[C@@H](CC1CCCCC1)C(=O)O)OC(c1cccc(Cl)c1)C1(c2cccc(Cl)c2)CC1. The first-order chi connectivity index (χ1) is 15.9. The third-order valence-corrected chi connectivity index (χ3v) is 7.42. The van der Waals surface area contributed by atoms with Gasteiger partial charge < -0.3 is 15.2 Å². The number of carbonyl (C=O) groups excluding carboxylic acids is 1. The Morgan fingerprint density at radius 1 is 1.03 bits per heavy atom. The van der Waals surface area contributed by atoms with Crippen LogP contribution in [0.4, 0.5) is 4.79 Å². The molecule has 0 spiro atoms. The molecule has 2 aromatic rings. The van der Waals surface area contributed by atoms with Gasteiger partial charge in [-0.1, -0.05) is 79.6 Å². The number of carboxylic acid groups (broad SMARTS) is 1. The standard InChI is InChI=1S/C26H29Cl2NO4/c27-20-10-4-8-18(15-20)23(26(12-13-26)19-9-5-11-21(28)16-19)33-25(32)29-22(24(30)31)14-17-6-2-1-3-7-17/h4-5,8-11,15-17,22-23H,1-3,6-7,12-14H2,(H,29,32)(H,30,31)/t22-,23?/m0/s1. The molecule has 1 amide bonds. The maximum atomic E-state index is 13.0. The molecule has 0 radical (unpaired) electrons. The number of amides is 1. The molecule has 7 heteroatoms. The van der Waals surface area contributed by atoms with Crippen molar-refractivity contribution < 1.29 is 19.4 Å². The Balaban J connectivity index is 1.55. The molecule has 2 aromatic carbocycles. The van der Waals surface area contributed by atoms with Gasteiger partial charge in [0, 0.05) is 15.5 Å². The zero-order valence-electron chi connectivity index (χ0n) is 18.4. The van der Waals surface area contributed by atoms with E-state index in [-0.39, 0.29) is 0 Å². The van der Waals surface area contributed by atoms with Crippen molar-refractivity contribution >= 4 is 35.3 Å². The summed E-state index contributed by atoms with van der Waals surface area (Å²) in [5.74, 6) is -0.724. The van der Waals surface area contributed by atoms with E-state index >= 15 is 0 Å². The lowest BCUT2D eigenvalue weighted by molar-refractivity contribution is -0.140. The number of rotatable bonds is 8. The lowest BCUT2D eigenvalue weighted by Gasteiger charge is -2.29. The molecule has 0 aromatic heterocycles. The first-order valence-corrected chi connectivity index (χ1v) is 12.3. The van der Waals surface area contributed by atoms with Gasteiger partial charge in [0.1, 0.15) is 12.1 Å². The average molecular weight is 490 g/mol. The highest BCUT2D eigenvalue weighted by atomic mass is 35.5. The van der Waals surface area contributed by atoms with Crippen LogP contribution in [0.2, 0.25) is 10.0 Å². The van der Waals surface area contributed by atoms with Gasteiger partial charge in [-0.3, -0.25) is 0 Å². The fraction of sp³-hybridized carbons (Fsp3) is 0.462. The van der Waals surface area contributed by atoms with E-state index in [1.165, 1.54) is 6.42 Å². The van der Waals surface area contributed by atoms with Crippen molar-refractivity contribution in [1.29, 1.82) is 0 Å². The van der Waals surface area contributed by atoms with E-state index in [4.69, 9.17) is 27.9 Å². The van der Waals surface area contributed by atoms with Crippen molar-refractivity contribution in [1.82, 2.24) is 5.32 Å². The van der Waals surface area contributed by atoms with Crippen LogP contribution in [0.1, 0.15) is 68.6 Å². The summed E-state index contributed by atoms with van der Waals surface area (Å²) in [4.78, 5) is 24.9. The van der Waals surface area contributed by atoms with Crippen molar-refractivity contribution in [2.45, 2.75) is 68.9 Å². The smallest absolute Gasteiger partial charge is 0.408 e. The van der Waals surface area contributed by atoms with E-state index in [9.17, 15) is 14.7 Å². The molecule has 4 rings (SSSR count). The Bertz CT molecular complexity index is 1000. The summed E-state index contributed by atoms with van der Waals surface area (Å²) in [6.45, 7) is 0. The third kappa shape index (κ3) is 5.82. The summed E-state index contributed by atoms with van der Waals surface area (Å²) in [5.41, 5.74) is 1.34. The van der Waals surface area contributed by atoms with Gasteiger partial charge in [0.15, 0.2) is 0 Å². The van der Waals surface area contributed by atoms with Crippen molar-refractivity contribution in [3.63, 3.8) is 0 Å². The van der Waals surface area contributed by atoms with Gasteiger partial charge >= 0.3 is 12.1 Å². The zero-order chi connectivity index (χ0) is 23.4. The van der Waals surface area contributed by atoms with Crippen LogP contribution < -0.4 is 5.32 Å². The molecular formula is C26H29Cl2NO4. The van der Waals surface area contributed by atoms with E-state index in [1.807, 2.05) is 36.4 Å². The maximum absolute atomic E-state index is 13.0. The molecule has 2 fully saturated rings. The number of aliphatic carboxylic acids is 1. The predicted octanol–water partition coefficient (Wildman–Crippen LogP) is 6.92. The molecule has 1 unspecified atom stereocenters. The lowest BCUT2D eigenvalue weighted by Crippen LogP contribution is -2.43. The van der Waals surface area contributed by atoms with E-state index < -0.39 is 29.6 Å². The number of halogens is 2. The van der Waals surface area contributed by atoms with Crippen molar-refractivity contribution in [3.8, 4) is 0 Å². The molecule has 2 N–H and O–H groups in total. The summed E-state index contributed by atoms with van der Waals surface area (Å²) in [5, 5.41) is 13.5. The van der Waals surface area contributed by atoms with Crippen molar-refractivity contribution in [2.24, 2.45) is 5.92 Å². The number of carboxylic acids is 1. The summed E-state index contributed by atoms with van der Waals surface area (Å²) >= 11 is 12.5. The zero-order valence-corrected chi connectivity index (χ0v) is 19.9. The number of alkyl carbamates (subject to hydrolysis) is 1. The van der Waals surface area contributed by atoms with E-state index in [0.29, 0.717) is 22.4 Å². The van der Waals surface area contributed by atoms with Gasteiger partial charge in [-0.05, 0) is 60.6 Å². The van der Waals surface area contributed by atoms with Gasteiger partial charge in [0.25, 0.3) is 0 Å². The average Bonchev–Trinajstić information content (AvgIpc) is 3.59. The summed E-state index contributed by atoms with van der Waals surface area (Å²) in [6.07, 6.45) is 6.15. The summed E-state index contributed by atoms with van der Waals surface area (Å²) < 4.78 is 5.97. The van der Waals surface area contributed by atoms with Crippen LogP contribution in [0, 0.1) is 5.92 Å². The lowest BCUT2D eigenvalue weighted by atomic mass is 9.85. The van der Waals surface area contributed by atoms with Crippen molar-refractivity contribution in [2.75, 3.05) is 0 Å². The quantitative estimate of drug-likeness (QED) is 0.421. The Morgan fingerprint density at radius 2 is 1.70 bits per heavy atom. The molecule has 176 valence electrons. The first kappa shape index (κ1) is 23.9. The molecule has 33 heavy (non-hydrogen) atoms. The molecule has 0 heterocycles. The number of nitrogens with one attached hydrogen (secondary N) is 1. The van der Waals surface area contributed by atoms with Crippen LogP contribution in [0.15, 0.2) is 48.5 Å². The molecule has 0 aliphatic heterocycles. The summed E-state index contributed by atoms with van der Waals surface area (Å²) in [6, 6.07) is 13.9. The molecule has 2 aliphatic rings. The van der Waals surface area contributed by atoms with Crippen LogP contribution in [-0.4, -0.2) is 23.2 Å². The predicted molar refractivity (Wildman–Crippen MR) is 129 cm³/mol. The highest BCUT2D eigenvalue weighted by molar-refractivity contribution is 6.30.